The van der Waals surface area contributed by atoms with Gasteiger partial charge in [0.05, 0.1) is 21.7 Å². The molecule has 0 amide bonds. The minimum atomic E-state index is -3.31. The van der Waals surface area contributed by atoms with Crippen LogP contribution >= 0.6 is 34.8 Å². The van der Waals surface area contributed by atoms with Crippen molar-refractivity contribution in [3.8, 4) is 11.5 Å². The van der Waals surface area contributed by atoms with E-state index in [2.05, 4.69) is 0 Å². The summed E-state index contributed by atoms with van der Waals surface area (Å²) < 4.78 is 34.3. The second-order valence-corrected chi connectivity index (χ2v) is 11.7. The van der Waals surface area contributed by atoms with Gasteiger partial charge < -0.3 is 19.7 Å². The van der Waals surface area contributed by atoms with Crippen molar-refractivity contribution in [2.75, 3.05) is 30.6 Å². The lowest BCUT2D eigenvalue weighted by Gasteiger charge is -2.27. The molecule has 33 heavy (non-hydrogen) atoms. The highest BCUT2D eigenvalue weighted by Crippen LogP contribution is 2.38. The average Bonchev–Trinajstić information content (AvgIpc) is 2.76. The summed E-state index contributed by atoms with van der Waals surface area (Å²) in [7, 11) is -3.31. The SMILES string of the molecule is CCS(=O)(=O)CC(O)COc1ccc(C(C)(C)c2ccc(OCC(O)CCl)c(Cl)c2)cc1Cl. The van der Waals surface area contributed by atoms with E-state index in [0.717, 1.165) is 11.1 Å². The van der Waals surface area contributed by atoms with Crippen LogP contribution in [0.25, 0.3) is 0 Å². The Bertz CT molecular complexity index is 1040. The third-order valence-electron chi connectivity index (χ3n) is 5.23. The number of hydrogen-bond acceptors (Lipinski definition) is 6. The molecule has 0 aliphatic rings. The molecule has 0 heterocycles. The molecule has 2 unspecified atom stereocenters. The maximum atomic E-state index is 11.6. The molecule has 2 rings (SSSR count). The number of benzene rings is 2. The number of rotatable bonds is 12. The summed E-state index contributed by atoms with van der Waals surface area (Å²) in [6.45, 7) is 5.42. The van der Waals surface area contributed by atoms with E-state index in [1.54, 1.807) is 24.3 Å². The van der Waals surface area contributed by atoms with Gasteiger partial charge in [0.25, 0.3) is 0 Å². The first-order valence-corrected chi connectivity index (χ1v) is 13.5. The van der Waals surface area contributed by atoms with Gasteiger partial charge in [-0.15, -0.1) is 11.6 Å². The standard InChI is InChI=1S/C23H29Cl3O6S/c1-4-33(29,30)14-18(28)13-32-22-8-6-16(10-20(22)26)23(2,3)15-5-7-21(19(25)9-15)31-12-17(27)11-24/h5-10,17-18,27-28H,4,11-14H2,1-3H3. The van der Waals surface area contributed by atoms with Gasteiger partial charge in [0.2, 0.25) is 0 Å². The Morgan fingerprint density at radius 3 is 1.76 bits per heavy atom. The van der Waals surface area contributed by atoms with E-state index in [1.165, 1.54) is 6.92 Å². The lowest BCUT2D eigenvalue weighted by atomic mass is 9.78. The third-order valence-corrected chi connectivity index (χ3v) is 7.95. The molecular formula is C23H29Cl3O6S. The van der Waals surface area contributed by atoms with E-state index in [-0.39, 0.29) is 30.6 Å². The molecule has 184 valence electrons. The van der Waals surface area contributed by atoms with Crippen molar-refractivity contribution in [1.82, 2.24) is 0 Å². The highest BCUT2D eigenvalue weighted by molar-refractivity contribution is 7.91. The van der Waals surface area contributed by atoms with Crippen LogP contribution in [-0.2, 0) is 15.3 Å². The monoisotopic (exact) mass is 538 g/mol. The molecule has 0 fully saturated rings. The van der Waals surface area contributed by atoms with E-state index in [0.29, 0.717) is 21.5 Å². The van der Waals surface area contributed by atoms with E-state index in [9.17, 15) is 18.6 Å². The van der Waals surface area contributed by atoms with Crippen LogP contribution in [0.5, 0.6) is 11.5 Å². The fourth-order valence-electron chi connectivity index (χ4n) is 3.06. The van der Waals surface area contributed by atoms with Crippen LogP contribution in [0.15, 0.2) is 36.4 Å². The average molecular weight is 540 g/mol. The molecule has 6 nitrogen and oxygen atoms in total. The van der Waals surface area contributed by atoms with Crippen molar-refractivity contribution in [2.24, 2.45) is 0 Å². The smallest absolute Gasteiger partial charge is 0.152 e. The molecule has 0 spiro atoms. The number of sulfone groups is 1. The number of alkyl halides is 1. The first-order valence-electron chi connectivity index (χ1n) is 10.4. The fourth-order valence-corrected chi connectivity index (χ4v) is 4.53. The Morgan fingerprint density at radius 2 is 1.36 bits per heavy atom. The fraction of sp³-hybridized carbons (Fsp3) is 0.478. The summed E-state index contributed by atoms with van der Waals surface area (Å²) in [5, 5.41) is 20.2. The van der Waals surface area contributed by atoms with Crippen LogP contribution in [0.4, 0.5) is 0 Å². The molecule has 10 heteroatoms. The molecular weight excluding hydrogens is 511 g/mol. The van der Waals surface area contributed by atoms with Crippen molar-refractivity contribution < 1.29 is 28.1 Å². The maximum absolute atomic E-state index is 11.6. The van der Waals surface area contributed by atoms with Crippen LogP contribution in [0.2, 0.25) is 10.0 Å². The topological polar surface area (TPSA) is 93.1 Å². The second kappa shape index (κ2) is 12.0. The molecule has 2 N–H and O–H groups in total. The molecule has 0 saturated heterocycles. The van der Waals surface area contributed by atoms with Gasteiger partial charge in [0, 0.05) is 11.2 Å². The summed E-state index contributed by atoms with van der Waals surface area (Å²) in [6.07, 6.45) is -1.92. The van der Waals surface area contributed by atoms with Gasteiger partial charge in [-0.25, -0.2) is 8.42 Å². The van der Waals surface area contributed by atoms with Gasteiger partial charge in [0.1, 0.15) is 36.9 Å². The molecule has 2 atom stereocenters. The summed E-state index contributed by atoms with van der Waals surface area (Å²) in [4.78, 5) is 0. The lowest BCUT2D eigenvalue weighted by molar-refractivity contribution is 0.125. The molecule has 0 radical (unpaired) electrons. The van der Waals surface area contributed by atoms with E-state index < -0.39 is 27.5 Å². The quantitative estimate of drug-likeness (QED) is 0.387. The summed E-state index contributed by atoms with van der Waals surface area (Å²) in [5.41, 5.74) is 1.35. The van der Waals surface area contributed by atoms with Gasteiger partial charge in [-0.2, -0.15) is 0 Å². The Balaban J connectivity index is 2.13. The first kappa shape index (κ1) is 28.0. The maximum Gasteiger partial charge on any atom is 0.152 e. The minimum absolute atomic E-state index is 0.0406. The van der Waals surface area contributed by atoms with Gasteiger partial charge in [0.15, 0.2) is 9.84 Å². The molecule has 0 saturated carbocycles. The molecule has 0 bridgehead atoms. The summed E-state index contributed by atoms with van der Waals surface area (Å²) in [6, 6.07) is 10.7. The molecule has 0 aliphatic heterocycles. The zero-order valence-corrected chi connectivity index (χ0v) is 21.8. The van der Waals surface area contributed by atoms with Gasteiger partial charge in [-0.1, -0.05) is 56.1 Å². The molecule has 0 aliphatic carbocycles. The summed E-state index contributed by atoms with van der Waals surface area (Å²) >= 11 is 18.4. The zero-order valence-electron chi connectivity index (χ0n) is 18.7. The number of halogens is 3. The van der Waals surface area contributed by atoms with Gasteiger partial charge >= 0.3 is 0 Å². The van der Waals surface area contributed by atoms with Crippen molar-refractivity contribution >= 4 is 44.6 Å². The van der Waals surface area contributed by atoms with Crippen LogP contribution in [-0.4, -0.2) is 61.4 Å². The summed E-state index contributed by atoms with van der Waals surface area (Å²) in [5.74, 6) is 0.466. The second-order valence-electron chi connectivity index (χ2n) is 8.20. The lowest BCUT2D eigenvalue weighted by Crippen LogP contribution is -2.28. The molecule has 2 aromatic rings. The largest absolute Gasteiger partial charge is 0.489 e. The predicted octanol–water partition coefficient (Wildman–Crippen LogP) is 4.47. The Hall–Kier alpha value is -1.22. The van der Waals surface area contributed by atoms with Crippen LogP contribution in [0.3, 0.4) is 0 Å². The van der Waals surface area contributed by atoms with E-state index in [4.69, 9.17) is 44.3 Å². The van der Waals surface area contributed by atoms with Crippen LogP contribution < -0.4 is 9.47 Å². The van der Waals surface area contributed by atoms with Crippen molar-refractivity contribution in [2.45, 2.75) is 38.4 Å². The number of hydrogen-bond donors (Lipinski definition) is 2. The van der Waals surface area contributed by atoms with Gasteiger partial charge in [-0.05, 0) is 35.4 Å². The van der Waals surface area contributed by atoms with Crippen LogP contribution in [0.1, 0.15) is 31.9 Å². The first-order chi connectivity index (χ1) is 15.4. The highest BCUT2D eigenvalue weighted by Gasteiger charge is 2.25. The van der Waals surface area contributed by atoms with Crippen molar-refractivity contribution in [3.63, 3.8) is 0 Å². The van der Waals surface area contributed by atoms with Crippen molar-refractivity contribution in [3.05, 3.63) is 57.6 Å². The number of ether oxygens (including phenoxy) is 2. The van der Waals surface area contributed by atoms with E-state index >= 15 is 0 Å². The Kier molecular flexibility index (Phi) is 10.2. The van der Waals surface area contributed by atoms with Gasteiger partial charge in [-0.3, -0.25) is 0 Å². The number of aliphatic hydroxyl groups excluding tert-OH is 2. The Labute approximate surface area is 210 Å². The minimum Gasteiger partial charge on any atom is -0.489 e. The van der Waals surface area contributed by atoms with E-state index in [1.807, 2.05) is 26.0 Å². The Morgan fingerprint density at radius 1 is 0.909 bits per heavy atom. The van der Waals surface area contributed by atoms with Crippen molar-refractivity contribution in [1.29, 1.82) is 0 Å². The number of aliphatic hydroxyl groups is 2. The third kappa shape index (κ3) is 7.91. The highest BCUT2D eigenvalue weighted by atomic mass is 35.5. The molecule has 0 aromatic heterocycles. The molecule has 2 aromatic carbocycles. The van der Waals surface area contributed by atoms with Crippen LogP contribution in [0, 0.1) is 0 Å². The zero-order chi connectivity index (χ0) is 24.8. The normalized spacial score (nSPS) is 14.1. The predicted molar refractivity (Wildman–Crippen MR) is 133 cm³/mol.